The molecule has 2 aliphatic rings. The average molecular weight is 606 g/mol. The Morgan fingerprint density at radius 3 is 2.72 bits per heavy atom. The largest absolute Gasteiger partial charge is 0.493 e. The third-order valence-electron chi connectivity index (χ3n) is 8.05. The quantitative estimate of drug-likeness (QED) is 0.259. The standard InChI is InChI=1S/C31H33ClFN7O3/c1-3-26(41)39-11-5-6-19(16-39)30-38-27(28-29(34)36-15-24(32)40(28)30)21-13-22(33)20(14-23(21)43-4-2)31(42)37-25-12-18(9-10-35-25)17-7-8-17/h9-10,12-15,17,19H,3-8,11,16H2,1-2H3,(H2,34,36)(H,35,37,42). The number of nitrogens with zero attached hydrogens (tertiary/aromatic N) is 5. The maximum Gasteiger partial charge on any atom is 0.259 e. The van der Waals surface area contributed by atoms with Crippen molar-refractivity contribution < 1.29 is 18.7 Å². The van der Waals surface area contributed by atoms with Crippen molar-refractivity contribution in [1.82, 2.24) is 24.3 Å². The van der Waals surface area contributed by atoms with E-state index < -0.39 is 11.7 Å². The number of anilines is 2. The molecular formula is C31H33ClFN7O3. The van der Waals surface area contributed by atoms with Crippen LogP contribution >= 0.6 is 11.6 Å². The minimum absolute atomic E-state index is 0.0714. The minimum atomic E-state index is -0.761. The van der Waals surface area contributed by atoms with E-state index in [0.717, 1.165) is 31.2 Å². The van der Waals surface area contributed by atoms with Crippen molar-refractivity contribution in [3.05, 3.63) is 64.6 Å². The summed E-state index contributed by atoms with van der Waals surface area (Å²) in [6.45, 7) is 5.05. The Morgan fingerprint density at radius 1 is 1.16 bits per heavy atom. The molecule has 4 heterocycles. The Labute approximate surface area is 253 Å². The van der Waals surface area contributed by atoms with Gasteiger partial charge in [-0.05, 0) is 68.4 Å². The van der Waals surface area contributed by atoms with Gasteiger partial charge in [-0.2, -0.15) is 0 Å². The molecule has 2 amide bonds. The van der Waals surface area contributed by atoms with Crippen molar-refractivity contribution >= 4 is 40.6 Å². The van der Waals surface area contributed by atoms with E-state index >= 15 is 4.39 Å². The third kappa shape index (κ3) is 5.61. The number of benzene rings is 1. The van der Waals surface area contributed by atoms with Gasteiger partial charge in [0.2, 0.25) is 5.91 Å². The number of carbonyl (C=O) groups excluding carboxylic acids is 2. The summed E-state index contributed by atoms with van der Waals surface area (Å²) < 4.78 is 23.4. The predicted molar refractivity (Wildman–Crippen MR) is 162 cm³/mol. The van der Waals surface area contributed by atoms with Gasteiger partial charge < -0.3 is 20.7 Å². The molecule has 3 aromatic heterocycles. The van der Waals surface area contributed by atoms with Crippen molar-refractivity contribution in [2.45, 2.75) is 57.8 Å². The molecule has 0 spiro atoms. The van der Waals surface area contributed by atoms with E-state index in [2.05, 4.69) is 15.3 Å². The van der Waals surface area contributed by atoms with Gasteiger partial charge in [-0.15, -0.1) is 0 Å². The van der Waals surface area contributed by atoms with E-state index in [9.17, 15) is 9.59 Å². The lowest BCUT2D eigenvalue weighted by atomic mass is 9.97. The van der Waals surface area contributed by atoms with Crippen LogP contribution in [0.5, 0.6) is 5.75 Å². The number of amides is 2. The molecule has 1 saturated carbocycles. The second-order valence-corrected chi connectivity index (χ2v) is 11.4. The zero-order chi connectivity index (χ0) is 30.2. The van der Waals surface area contributed by atoms with E-state index in [-0.39, 0.29) is 40.7 Å². The average Bonchev–Trinajstić information content (AvgIpc) is 3.79. The fourth-order valence-electron chi connectivity index (χ4n) is 5.79. The molecule has 1 unspecified atom stereocenters. The molecule has 0 radical (unpaired) electrons. The number of rotatable bonds is 8. The van der Waals surface area contributed by atoms with Gasteiger partial charge in [0.1, 0.15) is 45.4 Å². The monoisotopic (exact) mass is 605 g/mol. The van der Waals surface area contributed by atoms with Crippen LogP contribution in [0.3, 0.4) is 0 Å². The summed E-state index contributed by atoms with van der Waals surface area (Å²) in [5.41, 5.74) is 8.31. The molecule has 2 fully saturated rings. The number of hydrogen-bond acceptors (Lipinski definition) is 7. The van der Waals surface area contributed by atoms with E-state index in [1.807, 2.05) is 24.0 Å². The van der Waals surface area contributed by atoms with E-state index in [1.165, 1.54) is 18.3 Å². The number of halogens is 2. The Hall–Kier alpha value is -4.25. The first-order valence-electron chi connectivity index (χ1n) is 14.6. The summed E-state index contributed by atoms with van der Waals surface area (Å²) in [7, 11) is 0. The summed E-state index contributed by atoms with van der Waals surface area (Å²) in [4.78, 5) is 41.0. The summed E-state index contributed by atoms with van der Waals surface area (Å²) >= 11 is 6.65. The van der Waals surface area contributed by atoms with E-state index in [1.54, 1.807) is 17.5 Å². The zero-order valence-corrected chi connectivity index (χ0v) is 24.8. The second kappa shape index (κ2) is 11.8. The lowest BCUT2D eigenvalue weighted by Crippen LogP contribution is -2.39. The number of aromatic nitrogens is 4. The molecule has 4 aromatic rings. The molecular weight excluding hydrogens is 573 g/mol. The highest BCUT2D eigenvalue weighted by molar-refractivity contribution is 6.30. The first-order valence-corrected chi connectivity index (χ1v) is 15.0. The Balaban J connectivity index is 1.41. The maximum atomic E-state index is 15.8. The van der Waals surface area contributed by atoms with Crippen molar-refractivity contribution in [1.29, 1.82) is 0 Å². The molecule has 10 nitrogen and oxygen atoms in total. The first-order chi connectivity index (χ1) is 20.8. The molecule has 3 N–H and O–H groups in total. The fourth-order valence-corrected chi connectivity index (χ4v) is 6.01. The normalized spacial score (nSPS) is 16.8. The zero-order valence-electron chi connectivity index (χ0n) is 24.1. The lowest BCUT2D eigenvalue weighted by molar-refractivity contribution is -0.132. The number of ether oxygens (including phenoxy) is 1. The van der Waals surface area contributed by atoms with Gasteiger partial charge in [-0.1, -0.05) is 18.5 Å². The topological polar surface area (TPSA) is 128 Å². The number of carbonyl (C=O) groups is 2. The van der Waals surface area contributed by atoms with Crippen LogP contribution in [-0.4, -0.2) is 55.8 Å². The first kappa shape index (κ1) is 28.9. The number of likely N-dealkylation sites (tertiary alicyclic amines) is 1. The molecule has 12 heteroatoms. The van der Waals surface area contributed by atoms with Crippen LogP contribution in [0.15, 0.2) is 36.7 Å². The predicted octanol–water partition coefficient (Wildman–Crippen LogP) is 5.81. The molecule has 1 aliphatic carbocycles. The molecule has 224 valence electrons. The number of piperidine rings is 1. The van der Waals surface area contributed by atoms with Crippen molar-refractivity contribution in [2.75, 3.05) is 30.7 Å². The summed E-state index contributed by atoms with van der Waals surface area (Å²) in [6, 6.07) is 6.35. The molecule has 1 atom stereocenters. The molecule has 1 aromatic carbocycles. The van der Waals surface area contributed by atoms with Crippen molar-refractivity contribution in [2.24, 2.45) is 0 Å². The number of imidazole rings is 1. The van der Waals surface area contributed by atoms with Crippen LogP contribution in [0.1, 0.15) is 79.5 Å². The highest BCUT2D eigenvalue weighted by atomic mass is 35.5. The molecule has 0 bridgehead atoms. The Bertz CT molecular complexity index is 1720. The van der Waals surface area contributed by atoms with Gasteiger partial charge in [0.05, 0.1) is 18.4 Å². The molecule has 43 heavy (non-hydrogen) atoms. The number of nitrogen functional groups attached to an aromatic ring is 1. The van der Waals surface area contributed by atoms with Gasteiger partial charge in [-0.25, -0.2) is 19.3 Å². The van der Waals surface area contributed by atoms with E-state index in [0.29, 0.717) is 53.8 Å². The number of nitrogens with two attached hydrogens (primary N) is 1. The van der Waals surface area contributed by atoms with Gasteiger partial charge >= 0.3 is 0 Å². The van der Waals surface area contributed by atoms with Crippen LogP contribution in [0.25, 0.3) is 16.8 Å². The Kier molecular flexibility index (Phi) is 7.91. The maximum absolute atomic E-state index is 15.8. The van der Waals surface area contributed by atoms with Crippen LogP contribution in [-0.2, 0) is 4.79 Å². The van der Waals surface area contributed by atoms with E-state index in [4.69, 9.17) is 27.1 Å². The van der Waals surface area contributed by atoms with Gasteiger partial charge in [0.25, 0.3) is 5.91 Å². The van der Waals surface area contributed by atoms with Gasteiger partial charge in [0.15, 0.2) is 0 Å². The second-order valence-electron chi connectivity index (χ2n) is 11.0. The van der Waals surface area contributed by atoms with Gasteiger partial charge in [-0.3, -0.25) is 14.0 Å². The third-order valence-corrected chi connectivity index (χ3v) is 8.32. The highest BCUT2D eigenvalue weighted by Gasteiger charge is 2.31. The minimum Gasteiger partial charge on any atom is -0.493 e. The number of pyridine rings is 1. The summed E-state index contributed by atoms with van der Waals surface area (Å²) in [5, 5.41) is 3.00. The summed E-state index contributed by atoms with van der Waals surface area (Å²) in [5.74, 6) is 0.384. The number of hydrogen-bond donors (Lipinski definition) is 2. The smallest absolute Gasteiger partial charge is 0.259 e. The molecule has 1 aliphatic heterocycles. The number of nitrogens with one attached hydrogen (secondary N) is 1. The Morgan fingerprint density at radius 2 is 1.98 bits per heavy atom. The number of fused-ring (bicyclic) bond motifs is 1. The summed E-state index contributed by atoms with van der Waals surface area (Å²) in [6.07, 6.45) is 7.31. The van der Waals surface area contributed by atoms with Crippen molar-refractivity contribution in [3.8, 4) is 17.0 Å². The van der Waals surface area contributed by atoms with Crippen LogP contribution in [0, 0.1) is 5.82 Å². The molecule has 6 rings (SSSR count). The lowest BCUT2D eigenvalue weighted by Gasteiger charge is -2.32. The SMILES string of the molecule is CCOc1cc(C(=O)Nc2cc(C3CC3)ccn2)c(F)cc1-c1nc(C2CCCN(C(=O)CC)C2)n2c(Cl)cnc(N)c12. The van der Waals surface area contributed by atoms with Crippen LogP contribution < -0.4 is 15.8 Å². The molecule has 1 saturated heterocycles. The van der Waals surface area contributed by atoms with Crippen LogP contribution in [0.2, 0.25) is 5.15 Å². The fraction of sp³-hybridized carbons (Fsp3) is 0.387. The highest BCUT2D eigenvalue weighted by Crippen LogP contribution is 2.41. The van der Waals surface area contributed by atoms with Crippen LogP contribution in [0.4, 0.5) is 16.0 Å². The van der Waals surface area contributed by atoms with Gasteiger partial charge in [0, 0.05) is 37.2 Å². The van der Waals surface area contributed by atoms with Crippen molar-refractivity contribution in [3.63, 3.8) is 0 Å².